The van der Waals surface area contributed by atoms with Gasteiger partial charge in [0.1, 0.15) is 0 Å². The van der Waals surface area contributed by atoms with Crippen molar-refractivity contribution in [1.29, 1.82) is 0 Å². The Morgan fingerprint density at radius 2 is 2.06 bits per heavy atom. The van der Waals surface area contributed by atoms with Gasteiger partial charge in [0, 0.05) is 6.42 Å². The number of benzene rings is 1. The summed E-state index contributed by atoms with van der Waals surface area (Å²) in [5.74, 6) is -2.21. The van der Waals surface area contributed by atoms with Crippen LogP contribution < -0.4 is 10.6 Å². The first-order valence-electron chi connectivity index (χ1n) is 10.6. The van der Waals surface area contributed by atoms with Crippen molar-refractivity contribution in [3.63, 3.8) is 0 Å². The van der Waals surface area contributed by atoms with E-state index in [4.69, 9.17) is 4.74 Å². The van der Waals surface area contributed by atoms with Crippen LogP contribution in [0.3, 0.4) is 0 Å². The van der Waals surface area contributed by atoms with Crippen molar-refractivity contribution >= 4 is 64.5 Å². The van der Waals surface area contributed by atoms with Gasteiger partial charge in [-0.3, -0.25) is 19.7 Å². The molecule has 0 saturated carbocycles. The fourth-order valence-electron chi connectivity index (χ4n) is 4.25. The van der Waals surface area contributed by atoms with Crippen molar-refractivity contribution in [3.05, 3.63) is 47.0 Å². The Morgan fingerprint density at radius 1 is 1.27 bits per heavy atom. The zero-order chi connectivity index (χ0) is 23.8. The summed E-state index contributed by atoms with van der Waals surface area (Å²) >= 11 is 0.239. The van der Waals surface area contributed by atoms with Crippen LogP contribution in [-0.4, -0.2) is 82.6 Å². The number of carbonyl (C=O) groups is 5. The Morgan fingerprint density at radius 3 is 2.79 bits per heavy atom. The van der Waals surface area contributed by atoms with Crippen LogP contribution in [0.2, 0.25) is 0 Å². The van der Waals surface area contributed by atoms with Gasteiger partial charge < -0.3 is 0 Å². The third-order valence-electron chi connectivity index (χ3n) is 5.84. The summed E-state index contributed by atoms with van der Waals surface area (Å²) < 4.78 is 6.12. The second-order valence-corrected chi connectivity index (χ2v) is 10.3. The van der Waals surface area contributed by atoms with Gasteiger partial charge in [-0.05, 0) is 6.42 Å². The van der Waals surface area contributed by atoms with Gasteiger partial charge in [-0.15, -0.1) is 0 Å². The summed E-state index contributed by atoms with van der Waals surface area (Å²) in [6.45, 7) is 2.67. The van der Waals surface area contributed by atoms with E-state index in [9.17, 15) is 24.0 Å². The molecule has 2 atom stereocenters. The maximum atomic E-state index is 13.6. The van der Waals surface area contributed by atoms with Crippen LogP contribution in [0.1, 0.15) is 47.7 Å². The van der Waals surface area contributed by atoms with Crippen LogP contribution in [0.4, 0.5) is 4.79 Å². The molecule has 5 amide bonds. The number of amides is 5. The second kappa shape index (κ2) is 9.29. The van der Waals surface area contributed by atoms with Crippen molar-refractivity contribution in [3.8, 4) is 0 Å². The van der Waals surface area contributed by atoms with Crippen molar-refractivity contribution in [2.75, 3.05) is 13.2 Å². The standard InChI is InChI=1S/C23H22N3O6.Tl/c1-23(32-11-3-10-24-13-27)9-8-14-4-2-5-15-19(14)16(12-23)22(31)26(21(15)30)17-6-7-18(28)25-20(17)29;/h2,4-5,8-9,12,17H,3,6-7,10-11H2,1H3,(H,24,27)(H,25,28,29);. The van der Waals surface area contributed by atoms with E-state index in [2.05, 4.69) is 10.6 Å². The van der Waals surface area contributed by atoms with E-state index >= 15 is 0 Å². The van der Waals surface area contributed by atoms with E-state index in [1.165, 1.54) is 0 Å². The number of ether oxygens (including phenoxy) is 1. The topological polar surface area (TPSA) is 122 Å². The molecule has 2 N–H and O–H groups in total. The molecule has 2 aliphatic heterocycles. The zero-order valence-electron chi connectivity index (χ0n) is 18.1. The molecule has 168 valence electrons. The van der Waals surface area contributed by atoms with Gasteiger partial charge in [0.15, 0.2) is 0 Å². The average Bonchev–Trinajstić information content (AvgIpc) is 2.91. The minimum atomic E-state index is -1.05. The summed E-state index contributed by atoms with van der Waals surface area (Å²) in [6, 6.07) is 4.13. The minimum Gasteiger partial charge on any atom is -0.295 e. The van der Waals surface area contributed by atoms with Crippen molar-refractivity contribution < 1.29 is 28.7 Å². The number of nitrogens with zero attached hydrogens (tertiary/aromatic N) is 1. The number of hydrogen-bond acceptors (Lipinski definition) is 6. The normalized spacial score (nSPS) is 24.1. The predicted molar refractivity (Wildman–Crippen MR) is 119 cm³/mol. The van der Waals surface area contributed by atoms with Gasteiger partial charge in [-0.1, -0.05) is 0 Å². The summed E-state index contributed by atoms with van der Waals surface area (Å²) in [4.78, 5) is 63.0. The Balaban J connectivity index is 1.68. The summed E-state index contributed by atoms with van der Waals surface area (Å²) in [5, 5.41) is 5.00. The Hall–Kier alpha value is -2.67. The number of nitrogens with one attached hydrogen (secondary N) is 2. The molecule has 33 heavy (non-hydrogen) atoms. The van der Waals surface area contributed by atoms with Crippen LogP contribution in [0.5, 0.6) is 0 Å². The SMILES string of the molecule is CC1(OCCCN[C](=O)[Tl])C=Cc2cccc3c2C(=C1)C(=O)N(C1CCC(=O)NC1=O)C3=O. The molecule has 1 aromatic carbocycles. The summed E-state index contributed by atoms with van der Waals surface area (Å²) in [7, 11) is 0. The number of rotatable bonds is 6. The van der Waals surface area contributed by atoms with Crippen molar-refractivity contribution in [2.24, 2.45) is 0 Å². The smallest absolute Gasteiger partial charge is 0.295 e. The summed E-state index contributed by atoms with van der Waals surface area (Å²) in [6.07, 6.45) is 6.08. The van der Waals surface area contributed by atoms with Crippen molar-refractivity contribution in [1.82, 2.24) is 15.5 Å². The Bertz CT molecular complexity index is 1130. The van der Waals surface area contributed by atoms with Gasteiger partial charge in [0.25, 0.3) is 0 Å². The number of imide groups is 2. The van der Waals surface area contributed by atoms with Crippen molar-refractivity contribution in [2.45, 2.75) is 37.8 Å². The maximum absolute atomic E-state index is 13.6. The molecule has 0 radical (unpaired) electrons. The predicted octanol–water partition coefficient (Wildman–Crippen LogP) is 0.928. The zero-order valence-corrected chi connectivity index (χ0v) is 22.5. The summed E-state index contributed by atoms with van der Waals surface area (Å²) in [5.41, 5.74) is 0.896. The number of piperidine rings is 1. The van der Waals surface area contributed by atoms with Gasteiger partial charge in [0.05, 0.1) is 0 Å². The van der Waals surface area contributed by atoms with Gasteiger partial charge in [-0.2, -0.15) is 0 Å². The molecule has 9 nitrogen and oxygen atoms in total. The van der Waals surface area contributed by atoms with Crippen LogP contribution in [-0.2, 0) is 19.1 Å². The molecule has 1 aliphatic carbocycles. The van der Waals surface area contributed by atoms with Crippen LogP contribution >= 0.6 is 0 Å². The third kappa shape index (κ3) is 4.69. The van der Waals surface area contributed by atoms with Gasteiger partial charge in [-0.25, -0.2) is 0 Å². The van der Waals surface area contributed by atoms with E-state index in [1.807, 2.05) is 25.1 Å². The fourth-order valence-corrected chi connectivity index (χ4v) is 4.81. The molecule has 1 saturated heterocycles. The molecule has 0 aromatic heterocycles. The monoisotopic (exact) mass is 641 g/mol. The Labute approximate surface area is 206 Å². The molecular formula is C23H22N3O6Tl. The van der Waals surface area contributed by atoms with E-state index < -0.39 is 35.3 Å². The molecule has 3 aliphatic rings. The average molecular weight is 641 g/mol. The molecule has 1 fully saturated rings. The molecule has 2 heterocycles. The molecule has 0 bridgehead atoms. The molecule has 4 rings (SSSR count). The van der Waals surface area contributed by atoms with Crippen LogP contribution in [0.25, 0.3) is 11.6 Å². The minimum absolute atomic E-state index is 0.0479. The first-order chi connectivity index (χ1) is 15.7. The molecular weight excluding hydrogens is 619 g/mol. The van der Waals surface area contributed by atoms with Crippen LogP contribution in [0, 0.1) is 0 Å². The quantitative estimate of drug-likeness (QED) is 0.271. The number of hydrogen-bond donors (Lipinski definition) is 2. The van der Waals surface area contributed by atoms with E-state index in [0.717, 1.165) is 4.90 Å². The third-order valence-corrected chi connectivity index (χ3v) is 6.64. The molecule has 1 aromatic rings. The number of carbonyl (C=O) groups excluding carboxylic acids is 5. The second-order valence-electron chi connectivity index (χ2n) is 8.29. The van der Waals surface area contributed by atoms with E-state index in [-0.39, 0.29) is 47.6 Å². The molecule has 2 unspecified atom stereocenters. The first kappa shape index (κ1) is 23.5. The fraction of sp³-hybridized carbons (Fsp3) is 0.348. The Kier molecular flexibility index (Phi) is 6.62. The van der Waals surface area contributed by atoms with E-state index in [1.54, 1.807) is 18.2 Å². The molecule has 10 heteroatoms. The van der Waals surface area contributed by atoms with Crippen LogP contribution in [0.15, 0.2) is 30.4 Å². The first-order valence-corrected chi connectivity index (χ1v) is 12.9. The molecule has 0 spiro atoms. The van der Waals surface area contributed by atoms with Gasteiger partial charge >= 0.3 is 162 Å². The van der Waals surface area contributed by atoms with E-state index in [0.29, 0.717) is 36.3 Å². The van der Waals surface area contributed by atoms with Gasteiger partial charge in [0.2, 0.25) is 11.8 Å².